The van der Waals surface area contributed by atoms with Crippen molar-refractivity contribution in [3.63, 3.8) is 0 Å². The number of nitrogens with one attached hydrogen (secondary N) is 1. The van der Waals surface area contributed by atoms with Gasteiger partial charge in [0.2, 0.25) is 15.8 Å². The van der Waals surface area contributed by atoms with Gasteiger partial charge in [-0.25, -0.2) is 13.1 Å². The number of sulfonamides is 1. The van der Waals surface area contributed by atoms with Crippen molar-refractivity contribution >= 4 is 50.3 Å². The maximum Gasteiger partial charge on any atom is 0.242 e. The standard InChI is InChI=1S/C19H15Cl2NO3S2/c1-12-9-18(16(21)10-15(12)20)27(24,25)22-11-14-7-8-17(26-14)19(23)13-5-3-2-4-6-13/h2-10,22H,11H2,1H3. The first-order chi connectivity index (χ1) is 12.8. The molecule has 1 heterocycles. The van der Waals surface area contributed by atoms with Gasteiger partial charge in [0.15, 0.2) is 0 Å². The first-order valence-corrected chi connectivity index (χ1v) is 11.0. The predicted molar refractivity (Wildman–Crippen MR) is 109 cm³/mol. The van der Waals surface area contributed by atoms with Crippen molar-refractivity contribution in [1.29, 1.82) is 0 Å². The first kappa shape index (κ1) is 20.0. The van der Waals surface area contributed by atoms with Gasteiger partial charge in [0.25, 0.3) is 0 Å². The van der Waals surface area contributed by atoms with Crippen molar-refractivity contribution in [2.75, 3.05) is 0 Å². The summed E-state index contributed by atoms with van der Waals surface area (Å²) in [6.45, 7) is 1.77. The highest BCUT2D eigenvalue weighted by atomic mass is 35.5. The Hall–Kier alpha value is -1.70. The third kappa shape index (κ3) is 4.59. The molecule has 3 rings (SSSR count). The molecule has 0 aliphatic rings. The second kappa shape index (κ2) is 8.12. The van der Waals surface area contributed by atoms with Crippen LogP contribution in [0.4, 0.5) is 0 Å². The number of hydrogen-bond acceptors (Lipinski definition) is 4. The van der Waals surface area contributed by atoms with Crippen LogP contribution in [-0.2, 0) is 16.6 Å². The summed E-state index contributed by atoms with van der Waals surface area (Å²) in [4.78, 5) is 13.7. The zero-order chi connectivity index (χ0) is 19.6. The molecule has 1 N–H and O–H groups in total. The summed E-state index contributed by atoms with van der Waals surface area (Å²) in [7, 11) is -3.81. The number of carbonyl (C=O) groups excluding carboxylic acids is 1. The largest absolute Gasteiger partial charge is 0.288 e. The molecule has 0 spiro atoms. The van der Waals surface area contributed by atoms with E-state index in [1.165, 1.54) is 23.5 Å². The van der Waals surface area contributed by atoms with Gasteiger partial charge in [0, 0.05) is 22.0 Å². The van der Waals surface area contributed by atoms with Gasteiger partial charge in [-0.05, 0) is 36.8 Å². The smallest absolute Gasteiger partial charge is 0.242 e. The summed E-state index contributed by atoms with van der Waals surface area (Å²) in [5.41, 5.74) is 1.21. The second-order valence-corrected chi connectivity index (χ2v) is 9.54. The Morgan fingerprint density at radius 3 is 2.44 bits per heavy atom. The lowest BCUT2D eigenvalue weighted by atomic mass is 10.1. The summed E-state index contributed by atoms with van der Waals surface area (Å²) in [6.07, 6.45) is 0. The Labute approximate surface area is 171 Å². The normalized spacial score (nSPS) is 11.5. The van der Waals surface area contributed by atoms with E-state index in [4.69, 9.17) is 23.2 Å². The molecule has 0 atom stereocenters. The highest BCUT2D eigenvalue weighted by molar-refractivity contribution is 7.89. The van der Waals surface area contributed by atoms with Gasteiger partial charge in [-0.3, -0.25) is 4.79 Å². The van der Waals surface area contributed by atoms with Gasteiger partial charge >= 0.3 is 0 Å². The van der Waals surface area contributed by atoms with Crippen LogP contribution in [0.15, 0.2) is 59.5 Å². The summed E-state index contributed by atoms with van der Waals surface area (Å²) < 4.78 is 27.6. The van der Waals surface area contributed by atoms with Gasteiger partial charge in [0.1, 0.15) is 4.90 Å². The van der Waals surface area contributed by atoms with Crippen LogP contribution in [0.2, 0.25) is 10.0 Å². The summed E-state index contributed by atoms with van der Waals surface area (Å²) >= 11 is 13.2. The molecule has 8 heteroatoms. The summed E-state index contributed by atoms with van der Waals surface area (Å²) in [6, 6.07) is 15.2. The van der Waals surface area contributed by atoms with Crippen molar-refractivity contribution in [1.82, 2.24) is 4.72 Å². The van der Waals surface area contributed by atoms with Crippen molar-refractivity contribution in [3.05, 3.63) is 85.5 Å². The summed E-state index contributed by atoms with van der Waals surface area (Å²) in [5, 5.41) is 0.463. The van der Waals surface area contributed by atoms with Crippen LogP contribution < -0.4 is 4.72 Å². The van der Waals surface area contributed by atoms with E-state index in [0.717, 1.165) is 4.88 Å². The maximum absolute atomic E-state index is 12.6. The molecule has 27 heavy (non-hydrogen) atoms. The van der Waals surface area contributed by atoms with Gasteiger partial charge in [-0.15, -0.1) is 11.3 Å². The Morgan fingerprint density at radius 2 is 1.74 bits per heavy atom. The molecule has 3 aromatic rings. The highest BCUT2D eigenvalue weighted by Crippen LogP contribution is 2.28. The van der Waals surface area contributed by atoms with E-state index in [2.05, 4.69) is 4.72 Å². The average Bonchev–Trinajstić information content (AvgIpc) is 3.12. The van der Waals surface area contributed by atoms with Crippen LogP contribution in [-0.4, -0.2) is 14.2 Å². The van der Waals surface area contributed by atoms with Crippen molar-refractivity contribution in [2.45, 2.75) is 18.4 Å². The van der Waals surface area contributed by atoms with E-state index in [1.807, 2.05) is 6.07 Å². The van der Waals surface area contributed by atoms with Crippen molar-refractivity contribution in [3.8, 4) is 0 Å². The molecule has 0 radical (unpaired) electrons. The predicted octanol–water partition coefficient (Wildman–Crippen LogP) is 5.07. The number of carbonyl (C=O) groups is 1. The number of aryl methyl sites for hydroxylation is 1. The highest BCUT2D eigenvalue weighted by Gasteiger charge is 2.20. The van der Waals surface area contributed by atoms with E-state index >= 15 is 0 Å². The van der Waals surface area contributed by atoms with Crippen molar-refractivity contribution < 1.29 is 13.2 Å². The fourth-order valence-electron chi connectivity index (χ4n) is 2.41. The number of halogens is 2. The van der Waals surface area contributed by atoms with Gasteiger partial charge in [-0.2, -0.15) is 0 Å². The lowest BCUT2D eigenvalue weighted by molar-refractivity contribution is 0.104. The number of rotatable bonds is 6. The molecular formula is C19H15Cl2NO3S2. The third-order valence-corrected chi connectivity index (χ3v) is 7.22. The molecule has 0 saturated carbocycles. The lowest BCUT2D eigenvalue weighted by Crippen LogP contribution is -2.23. The SMILES string of the molecule is Cc1cc(S(=O)(=O)NCc2ccc(C(=O)c3ccccc3)s2)c(Cl)cc1Cl. The first-order valence-electron chi connectivity index (χ1n) is 7.92. The Kier molecular flexibility index (Phi) is 6.03. The minimum Gasteiger partial charge on any atom is -0.288 e. The van der Waals surface area contributed by atoms with E-state index < -0.39 is 10.0 Å². The van der Waals surface area contributed by atoms with Crippen LogP contribution in [0.3, 0.4) is 0 Å². The fourth-order valence-corrected chi connectivity index (χ4v) is 5.24. The molecule has 1 aromatic heterocycles. The zero-order valence-electron chi connectivity index (χ0n) is 14.2. The van der Waals surface area contributed by atoms with Crippen LogP contribution in [0.5, 0.6) is 0 Å². The molecule has 0 aliphatic carbocycles. The summed E-state index contributed by atoms with van der Waals surface area (Å²) in [5.74, 6) is -0.0916. The molecular weight excluding hydrogens is 425 g/mol. The molecule has 0 unspecified atom stereocenters. The Bertz CT molecular complexity index is 1090. The Morgan fingerprint density at radius 1 is 1.04 bits per heavy atom. The number of thiophene rings is 1. The third-order valence-electron chi connectivity index (χ3n) is 3.86. The van der Waals surface area contributed by atoms with Gasteiger partial charge in [0.05, 0.1) is 9.90 Å². The number of ketones is 1. The molecule has 140 valence electrons. The lowest BCUT2D eigenvalue weighted by Gasteiger charge is -2.09. The molecule has 4 nitrogen and oxygen atoms in total. The monoisotopic (exact) mass is 439 g/mol. The fraction of sp³-hybridized carbons (Fsp3) is 0.105. The van der Waals surface area contributed by atoms with Crippen LogP contribution in [0.1, 0.15) is 25.7 Å². The second-order valence-electron chi connectivity index (χ2n) is 5.82. The molecule has 0 aliphatic heterocycles. The van der Waals surface area contributed by atoms with Gasteiger partial charge in [-0.1, -0.05) is 53.5 Å². The minimum atomic E-state index is -3.81. The van der Waals surface area contributed by atoms with Crippen LogP contribution in [0.25, 0.3) is 0 Å². The number of hydrogen-bond donors (Lipinski definition) is 1. The van der Waals surface area contributed by atoms with Crippen molar-refractivity contribution in [2.24, 2.45) is 0 Å². The maximum atomic E-state index is 12.6. The molecule has 0 bridgehead atoms. The van der Waals surface area contributed by atoms with Crippen LogP contribution >= 0.6 is 34.5 Å². The average molecular weight is 440 g/mol. The van der Waals surface area contributed by atoms with Crippen LogP contribution in [0, 0.1) is 6.92 Å². The molecule has 2 aromatic carbocycles. The molecule has 0 amide bonds. The quantitative estimate of drug-likeness (QED) is 0.545. The molecule has 0 fully saturated rings. The van der Waals surface area contributed by atoms with E-state index in [-0.39, 0.29) is 22.2 Å². The Balaban J connectivity index is 1.75. The zero-order valence-corrected chi connectivity index (χ0v) is 17.3. The topological polar surface area (TPSA) is 63.2 Å². The van der Waals surface area contributed by atoms with E-state index in [9.17, 15) is 13.2 Å². The molecule has 0 saturated heterocycles. The van der Waals surface area contributed by atoms with Gasteiger partial charge < -0.3 is 0 Å². The van der Waals surface area contributed by atoms with E-state index in [0.29, 0.717) is 21.0 Å². The number of benzene rings is 2. The minimum absolute atomic E-state index is 0.0248. The van der Waals surface area contributed by atoms with E-state index in [1.54, 1.807) is 43.3 Å².